The fourth-order valence-corrected chi connectivity index (χ4v) is 3.65. The molecule has 0 bridgehead atoms. The van der Waals surface area contributed by atoms with Crippen LogP contribution in [0.4, 0.5) is 4.39 Å². The molecular weight excluding hydrogens is 369 g/mol. The molecule has 29 heavy (non-hydrogen) atoms. The molecule has 1 heterocycles. The highest BCUT2D eigenvalue weighted by atomic mass is 19.1. The lowest BCUT2D eigenvalue weighted by atomic mass is 9.93. The van der Waals surface area contributed by atoms with Gasteiger partial charge in [-0.2, -0.15) is 0 Å². The number of halogens is 1. The van der Waals surface area contributed by atoms with E-state index >= 15 is 0 Å². The van der Waals surface area contributed by atoms with Crippen LogP contribution in [0.25, 0.3) is 5.57 Å². The first-order valence-corrected chi connectivity index (χ1v) is 9.26. The molecule has 0 aromatic heterocycles. The number of benzene rings is 3. The normalized spacial score (nSPS) is 16.4. The summed E-state index contributed by atoms with van der Waals surface area (Å²) in [6.07, 6.45) is 0. The van der Waals surface area contributed by atoms with Crippen LogP contribution < -0.4 is 4.74 Å². The number of methoxy groups -OCH3 is 1. The molecule has 0 radical (unpaired) electrons. The molecular formula is C24H20FNO3. The van der Waals surface area contributed by atoms with E-state index in [1.165, 1.54) is 12.1 Å². The van der Waals surface area contributed by atoms with Gasteiger partial charge in [0.25, 0.3) is 5.91 Å². The largest absolute Gasteiger partial charge is 0.503 e. The lowest BCUT2D eigenvalue weighted by Gasteiger charge is -2.27. The maximum atomic E-state index is 13.3. The number of carbonyl (C=O) groups excluding carboxylic acids is 1. The first kappa shape index (κ1) is 18.7. The van der Waals surface area contributed by atoms with Crippen LogP contribution in [0.3, 0.4) is 0 Å². The van der Waals surface area contributed by atoms with Crippen molar-refractivity contribution in [1.82, 2.24) is 4.90 Å². The molecule has 1 amide bonds. The van der Waals surface area contributed by atoms with Gasteiger partial charge >= 0.3 is 0 Å². The van der Waals surface area contributed by atoms with Crippen molar-refractivity contribution in [3.8, 4) is 5.75 Å². The van der Waals surface area contributed by atoms with Gasteiger partial charge in [-0.25, -0.2) is 4.39 Å². The van der Waals surface area contributed by atoms with E-state index in [0.29, 0.717) is 11.3 Å². The van der Waals surface area contributed by atoms with Crippen LogP contribution in [0.2, 0.25) is 0 Å². The van der Waals surface area contributed by atoms with Gasteiger partial charge in [-0.3, -0.25) is 4.79 Å². The number of hydrogen-bond acceptors (Lipinski definition) is 3. The topological polar surface area (TPSA) is 49.8 Å². The summed E-state index contributed by atoms with van der Waals surface area (Å²) in [5.74, 6) is -0.362. The molecule has 3 aromatic carbocycles. The van der Waals surface area contributed by atoms with Crippen molar-refractivity contribution in [3.05, 3.63) is 107 Å². The van der Waals surface area contributed by atoms with Crippen LogP contribution in [0, 0.1) is 5.82 Å². The van der Waals surface area contributed by atoms with Gasteiger partial charge < -0.3 is 14.7 Å². The third-order valence-corrected chi connectivity index (χ3v) is 5.09. The van der Waals surface area contributed by atoms with Gasteiger partial charge in [0.15, 0.2) is 5.76 Å². The Hall–Kier alpha value is -3.60. The second-order valence-electron chi connectivity index (χ2n) is 6.86. The Kier molecular flexibility index (Phi) is 5.04. The van der Waals surface area contributed by atoms with E-state index in [-0.39, 0.29) is 18.1 Å². The molecule has 1 aliphatic rings. The number of hydrogen-bond donors (Lipinski definition) is 1. The number of amides is 1. The maximum Gasteiger partial charge on any atom is 0.290 e. The Morgan fingerprint density at radius 2 is 1.62 bits per heavy atom. The molecule has 1 unspecified atom stereocenters. The predicted octanol–water partition coefficient (Wildman–Crippen LogP) is 4.89. The maximum absolute atomic E-state index is 13.3. The lowest BCUT2D eigenvalue weighted by Crippen LogP contribution is -2.29. The summed E-state index contributed by atoms with van der Waals surface area (Å²) in [5, 5.41) is 10.8. The van der Waals surface area contributed by atoms with Crippen molar-refractivity contribution in [1.29, 1.82) is 0 Å². The SMILES string of the molecule is COc1ccc(C2=C(O)C(=O)N(Cc3ccc(F)cc3)C2c2ccccc2)cc1. The summed E-state index contributed by atoms with van der Waals surface area (Å²) >= 11 is 0. The van der Waals surface area contributed by atoms with Crippen molar-refractivity contribution in [2.45, 2.75) is 12.6 Å². The van der Waals surface area contributed by atoms with E-state index in [0.717, 1.165) is 16.7 Å². The van der Waals surface area contributed by atoms with E-state index in [1.807, 2.05) is 42.5 Å². The van der Waals surface area contributed by atoms with E-state index in [1.54, 1.807) is 36.3 Å². The Bertz CT molecular complexity index is 1040. The quantitative estimate of drug-likeness (QED) is 0.676. The van der Waals surface area contributed by atoms with Crippen LogP contribution >= 0.6 is 0 Å². The molecule has 3 aromatic rings. The summed E-state index contributed by atoms with van der Waals surface area (Å²) in [7, 11) is 1.59. The number of aliphatic hydroxyl groups is 1. The van der Waals surface area contributed by atoms with E-state index < -0.39 is 11.9 Å². The molecule has 5 heteroatoms. The number of rotatable bonds is 5. The fourth-order valence-electron chi connectivity index (χ4n) is 3.65. The molecule has 0 spiro atoms. The Balaban J connectivity index is 1.78. The van der Waals surface area contributed by atoms with Gasteiger partial charge in [0.2, 0.25) is 0 Å². The molecule has 146 valence electrons. The summed E-state index contributed by atoms with van der Waals surface area (Å²) in [6.45, 7) is 0.252. The van der Waals surface area contributed by atoms with Crippen molar-refractivity contribution in [3.63, 3.8) is 0 Å². The Labute approximate surface area is 168 Å². The average molecular weight is 389 g/mol. The second kappa shape index (κ2) is 7.80. The first-order chi connectivity index (χ1) is 14.1. The molecule has 1 aliphatic heterocycles. The molecule has 0 fully saturated rings. The highest BCUT2D eigenvalue weighted by Gasteiger charge is 2.40. The van der Waals surface area contributed by atoms with Crippen molar-refractivity contribution >= 4 is 11.5 Å². The van der Waals surface area contributed by atoms with Crippen molar-refractivity contribution in [2.24, 2.45) is 0 Å². The second-order valence-corrected chi connectivity index (χ2v) is 6.86. The highest BCUT2D eigenvalue weighted by molar-refractivity contribution is 6.05. The van der Waals surface area contributed by atoms with Crippen LogP contribution in [0.5, 0.6) is 5.75 Å². The van der Waals surface area contributed by atoms with Crippen LogP contribution in [-0.2, 0) is 11.3 Å². The van der Waals surface area contributed by atoms with Gasteiger partial charge in [-0.1, -0.05) is 54.6 Å². The van der Waals surface area contributed by atoms with Crippen LogP contribution in [0.1, 0.15) is 22.7 Å². The molecule has 0 aliphatic carbocycles. The van der Waals surface area contributed by atoms with Gasteiger partial charge in [-0.15, -0.1) is 0 Å². The zero-order valence-electron chi connectivity index (χ0n) is 15.9. The summed E-state index contributed by atoms with van der Waals surface area (Å²) in [6, 6.07) is 22.4. The standard InChI is InChI=1S/C24H20FNO3/c1-29-20-13-9-17(10-14-20)21-22(18-5-3-2-4-6-18)26(24(28)23(21)27)15-16-7-11-19(25)12-8-16/h2-14,22,27H,15H2,1H3. The summed E-state index contributed by atoms with van der Waals surface area (Å²) in [5.41, 5.74) is 2.96. The number of ether oxygens (including phenoxy) is 1. The van der Waals surface area contributed by atoms with Crippen molar-refractivity contribution in [2.75, 3.05) is 7.11 Å². The lowest BCUT2D eigenvalue weighted by molar-refractivity contribution is -0.130. The highest BCUT2D eigenvalue weighted by Crippen LogP contribution is 2.43. The zero-order valence-corrected chi connectivity index (χ0v) is 15.9. The fraction of sp³-hybridized carbons (Fsp3) is 0.125. The smallest absolute Gasteiger partial charge is 0.290 e. The number of carbonyl (C=O) groups is 1. The number of aliphatic hydroxyl groups excluding tert-OH is 1. The summed E-state index contributed by atoms with van der Waals surface area (Å²) < 4.78 is 18.5. The Morgan fingerprint density at radius 1 is 0.966 bits per heavy atom. The molecule has 4 nitrogen and oxygen atoms in total. The number of nitrogens with zero attached hydrogens (tertiary/aromatic N) is 1. The van der Waals surface area contributed by atoms with Crippen molar-refractivity contribution < 1.29 is 19.0 Å². The van der Waals surface area contributed by atoms with E-state index in [4.69, 9.17) is 4.74 Å². The predicted molar refractivity (Wildman–Crippen MR) is 109 cm³/mol. The minimum Gasteiger partial charge on any atom is -0.503 e. The monoisotopic (exact) mass is 389 g/mol. The van der Waals surface area contributed by atoms with Gasteiger partial charge in [0.1, 0.15) is 11.6 Å². The van der Waals surface area contributed by atoms with Crippen LogP contribution in [-0.4, -0.2) is 23.0 Å². The van der Waals surface area contributed by atoms with E-state index in [2.05, 4.69) is 0 Å². The molecule has 0 saturated carbocycles. The zero-order chi connectivity index (χ0) is 20.4. The van der Waals surface area contributed by atoms with Gasteiger partial charge in [0, 0.05) is 12.1 Å². The minimum absolute atomic E-state index is 0.252. The van der Waals surface area contributed by atoms with Crippen LogP contribution in [0.15, 0.2) is 84.6 Å². The third-order valence-electron chi connectivity index (χ3n) is 5.09. The first-order valence-electron chi connectivity index (χ1n) is 9.26. The molecule has 1 N–H and O–H groups in total. The molecule has 4 rings (SSSR count). The molecule has 1 atom stereocenters. The van der Waals surface area contributed by atoms with Gasteiger partial charge in [-0.05, 0) is 41.0 Å². The van der Waals surface area contributed by atoms with Gasteiger partial charge in [0.05, 0.1) is 13.2 Å². The minimum atomic E-state index is -0.456. The van der Waals surface area contributed by atoms with E-state index in [9.17, 15) is 14.3 Å². The Morgan fingerprint density at radius 3 is 2.24 bits per heavy atom. The average Bonchev–Trinajstić information content (AvgIpc) is 3.01. The molecule has 0 saturated heterocycles. The third kappa shape index (κ3) is 3.59. The summed E-state index contributed by atoms with van der Waals surface area (Å²) in [4.78, 5) is 14.6.